The number of aromatic amines is 1. The van der Waals surface area contributed by atoms with Crippen LogP contribution in [0.1, 0.15) is 47.0 Å². The van der Waals surface area contributed by atoms with Crippen LogP contribution in [0.4, 0.5) is 0 Å². The molecule has 1 unspecified atom stereocenters. The van der Waals surface area contributed by atoms with E-state index in [0.29, 0.717) is 18.8 Å². The van der Waals surface area contributed by atoms with Crippen LogP contribution in [-0.4, -0.2) is 34.5 Å². The highest BCUT2D eigenvalue weighted by molar-refractivity contribution is 5.91. The summed E-state index contributed by atoms with van der Waals surface area (Å²) in [5, 5.41) is 12.6. The molecule has 1 aliphatic rings. The predicted molar refractivity (Wildman–Crippen MR) is 81.4 cm³/mol. The lowest BCUT2D eigenvalue weighted by Gasteiger charge is -2.25. The van der Waals surface area contributed by atoms with Crippen LogP contribution >= 0.6 is 0 Å². The third-order valence-corrected chi connectivity index (χ3v) is 3.89. The zero-order valence-corrected chi connectivity index (χ0v) is 12.4. The number of aryl methyl sites for hydroxylation is 1. The smallest absolute Gasteiger partial charge is 0.273 e. The van der Waals surface area contributed by atoms with Crippen molar-refractivity contribution in [1.29, 1.82) is 0 Å². The van der Waals surface area contributed by atoms with Gasteiger partial charge in [0.1, 0.15) is 0 Å². The normalized spacial score (nSPS) is 17.0. The molecule has 1 amide bonds. The number of carbonyl (C=O) groups is 1. The van der Waals surface area contributed by atoms with Gasteiger partial charge < -0.3 is 10.1 Å². The van der Waals surface area contributed by atoms with Crippen LogP contribution in [0.5, 0.6) is 0 Å². The molecule has 22 heavy (non-hydrogen) atoms. The van der Waals surface area contributed by atoms with E-state index >= 15 is 0 Å². The highest BCUT2D eigenvalue weighted by Gasteiger charge is 2.19. The Labute approximate surface area is 129 Å². The second-order valence-electron chi connectivity index (χ2n) is 5.42. The number of rotatable bonds is 6. The van der Waals surface area contributed by atoms with E-state index in [9.17, 15) is 4.79 Å². The number of ether oxygens (including phenoxy) is 1. The molecule has 116 valence electrons. The molecule has 2 aromatic rings. The van der Waals surface area contributed by atoms with Gasteiger partial charge in [-0.25, -0.2) is 0 Å². The van der Waals surface area contributed by atoms with Crippen molar-refractivity contribution >= 4 is 5.91 Å². The number of hydrogen-bond donors (Lipinski definition) is 2. The van der Waals surface area contributed by atoms with Crippen molar-refractivity contribution in [2.24, 2.45) is 0 Å². The average molecular weight is 300 g/mol. The molecule has 0 spiro atoms. The number of amides is 1. The Morgan fingerprint density at radius 1 is 1.41 bits per heavy atom. The van der Waals surface area contributed by atoms with Crippen molar-refractivity contribution in [3.8, 4) is 0 Å². The third kappa shape index (κ3) is 3.51. The van der Waals surface area contributed by atoms with Crippen molar-refractivity contribution in [1.82, 2.24) is 20.7 Å². The lowest BCUT2D eigenvalue weighted by Crippen LogP contribution is -2.26. The van der Waals surface area contributed by atoms with Crippen LogP contribution in [0, 0.1) is 0 Å². The molecule has 1 aromatic carbocycles. The fourth-order valence-corrected chi connectivity index (χ4v) is 2.78. The Kier molecular flexibility index (Phi) is 4.80. The lowest BCUT2D eigenvalue weighted by molar-refractivity contribution is 0.0393. The molecule has 0 aliphatic heterocycles. The van der Waals surface area contributed by atoms with Crippen LogP contribution < -0.4 is 5.32 Å². The Morgan fingerprint density at radius 2 is 2.32 bits per heavy atom. The maximum absolute atomic E-state index is 11.7. The molecule has 0 bridgehead atoms. The van der Waals surface area contributed by atoms with Crippen molar-refractivity contribution in [3.05, 3.63) is 47.3 Å². The molecule has 1 aliphatic carbocycles. The summed E-state index contributed by atoms with van der Waals surface area (Å²) in [5.41, 5.74) is 3.03. The zero-order chi connectivity index (χ0) is 15.2. The SMILES string of the molecule is O=C(NCCCOC1CCCc2ccccc21)c1cn[nH]n1. The second-order valence-corrected chi connectivity index (χ2v) is 5.42. The molecule has 0 fully saturated rings. The van der Waals surface area contributed by atoms with Gasteiger partial charge in [0.05, 0.1) is 12.3 Å². The predicted octanol–water partition coefficient (Wildman–Crippen LogP) is 2.02. The summed E-state index contributed by atoms with van der Waals surface area (Å²) in [4.78, 5) is 11.7. The maximum Gasteiger partial charge on any atom is 0.273 e. The van der Waals surface area contributed by atoms with E-state index < -0.39 is 0 Å². The fraction of sp³-hybridized carbons (Fsp3) is 0.438. The first-order valence-electron chi connectivity index (χ1n) is 7.68. The van der Waals surface area contributed by atoms with Crippen LogP contribution in [0.2, 0.25) is 0 Å². The van der Waals surface area contributed by atoms with Gasteiger partial charge in [-0.2, -0.15) is 15.4 Å². The Balaban J connectivity index is 1.40. The van der Waals surface area contributed by atoms with Crippen LogP contribution in [0.15, 0.2) is 30.5 Å². The molecule has 2 N–H and O–H groups in total. The summed E-state index contributed by atoms with van der Waals surface area (Å²) in [6.45, 7) is 1.21. The van der Waals surface area contributed by atoms with Gasteiger partial charge in [-0.15, -0.1) is 0 Å². The van der Waals surface area contributed by atoms with E-state index in [0.717, 1.165) is 19.3 Å². The van der Waals surface area contributed by atoms with Crippen molar-refractivity contribution in [3.63, 3.8) is 0 Å². The number of fused-ring (bicyclic) bond motifs is 1. The average Bonchev–Trinajstić information content (AvgIpc) is 3.09. The number of nitrogens with one attached hydrogen (secondary N) is 2. The van der Waals surface area contributed by atoms with E-state index in [2.05, 4.69) is 45.0 Å². The number of benzene rings is 1. The Hall–Kier alpha value is -2.21. The van der Waals surface area contributed by atoms with E-state index in [1.165, 1.54) is 23.7 Å². The zero-order valence-electron chi connectivity index (χ0n) is 12.4. The molecular weight excluding hydrogens is 280 g/mol. The van der Waals surface area contributed by atoms with Gasteiger partial charge in [0.2, 0.25) is 0 Å². The number of nitrogens with zero attached hydrogens (tertiary/aromatic N) is 2. The number of carbonyl (C=O) groups excluding carboxylic acids is 1. The van der Waals surface area contributed by atoms with Crippen molar-refractivity contribution in [2.75, 3.05) is 13.2 Å². The van der Waals surface area contributed by atoms with Crippen molar-refractivity contribution in [2.45, 2.75) is 31.8 Å². The van der Waals surface area contributed by atoms with Gasteiger partial charge in [-0.1, -0.05) is 24.3 Å². The van der Waals surface area contributed by atoms with Crippen LogP contribution in [-0.2, 0) is 11.2 Å². The molecule has 1 heterocycles. The molecular formula is C16H20N4O2. The molecule has 1 atom stereocenters. The minimum atomic E-state index is -0.211. The highest BCUT2D eigenvalue weighted by Crippen LogP contribution is 2.32. The summed E-state index contributed by atoms with van der Waals surface area (Å²) in [6.07, 6.45) is 5.76. The summed E-state index contributed by atoms with van der Waals surface area (Å²) in [5.74, 6) is -0.211. The van der Waals surface area contributed by atoms with Gasteiger partial charge in [0.25, 0.3) is 5.91 Å². The maximum atomic E-state index is 11.7. The third-order valence-electron chi connectivity index (χ3n) is 3.89. The molecule has 0 radical (unpaired) electrons. The standard InChI is InChI=1S/C16H20N4O2/c21-16(14-11-18-20-19-14)17-9-4-10-22-15-8-3-6-12-5-1-2-7-13(12)15/h1-2,5,7,11,15H,3-4,6,8-10H2,(H,17,21)(H,18,19,20). The van der Waals surface area contributed by atoms with E-state index in [-0.39, 0.29) is 12.0 Å². The van der Waals surface area contributed by atoms with E-state index in [1.54, 1.807) is 0 Å². The number of H-pyrrole nitrogens is 1. The van der Waals surface area contributed by atoms with Gasteiger partial charge in [0, 0.05) is 13.2 Å². The molecule has 3 rings (SSSR count). The van der Waals surface area contributed by atoms with Gasteiger partial charge in [-0.05, 0) is 36.8 Å². The molecule has 1 aromatic heterocycles. The van der Waals surface area contributed by atoms with Gasteiger partial charge in [-0.3, -0.25) is 4.79 Å². The quantitative estimate of drug-likeness (QED) is 0.800. The molecule has 6 nitrogen and oxygen atoms in total. The van der Waals surface area contributed by atoms with Gasteiger partial charge >= 0.3 is 0 Å². The van der Waals surface area contributed by atoms with E-state index in [4.69, 9.17) is 4.74 Å². The van der Waals surface area contributed by atoms with Crippen LogP contribution in [0.25, 0.3) is 0 Å². The summed E-state index contributed by atoms with van der Waals surface area (Å²) >= 11 is 0. The Bertz CT molecular complexity index is 612. The fourth-order valence-electron chi connectivity index (χ4n) is 2.78. The molecule has 0 saturated carbocycles. The summed E-state index contributed by atoms with van der Waals surface area (Å²) in [7, 11) is 0. The molecule has 0 saturated heterocycles. The minimum Gasteiger partial charge on any atom is -0.373 e. The summed E-state index contributed by atoms with van der Waals surface area (Å²) < 4.78 is 6.00. The molecule has 6 heteroatoms. The van der Waals surface area contributed by atoms with Gasteiger partial charge in [0.15, 0.2) is 5.69 Å². The monoisotopic (exact) mass is 300 g/mol. The Morgan fingerprint density at radius 3 is 3.18 bits per heavy atom. The number of aromatic nitrogens is 3. The largest absolute Gasteiger partial charge is 0.373 e. The minimum absolute atomic E-state index is 0.191. The van der Waals surface area contributed by atoms with Crippen molar-refractivity contribution < 1.29 is 9.53 Å². The topological polar surface area (TPSA) is 79.9 Å². The number of hydrogen-bond acceptors (Lipinski definition) is 4. The first-order chi connectivity index (χ1) is 10.8. The second kappa shape index (κ2) is 7.17. The first kappa shape index (κ1) is 14.7. The first-order valence-corrected chi connectivity index (χ1v) is 7.68. The summed E-state index contributed by atoms with van der Waals surface area (Å²) in [6, 6.07) is 8.49. The van der Waals surface area contributed by atoms with E-state index in [1.807, 2.05) is 0 Å². The van der Waals surface area contributed by atoms with Crippen LogP contribution in [0.3, 0.4) is 0 Å². The highest BCUT2D eigenvalue weighted by atomic mass is 16.5. The lowest BCUT2D eigenvalue weighted by atomic mass is 9.89.